The van der Waals surface area contributed by atoms with Crippen LogP contribution in [0.3, 0.4) is 0 Å². The van der Waals surface area contributed by atoms with E-state index in [2.05, 4.69) is 12.0 Å². The highest BCUT2D eigenvalue weighted by molar-refractivity contribution is 5.91. The van der Waals surface area contributed by atoms with Gasteiger partial charge in [0, 0.05) is 11.5 Å². The lowest BCUT2D eigenvalue weighted by Crippen LogP contribution is -2.13. The van der Waals surface area contributed by atoms with E-state index in [1.54, 1.807) is 30.3 Å². The third-order valence-corrected chi connectivity index (χ3v) is 5.20. The second-order valence-electron chi connectivity index (χ2n) is 8.91. The second-order valence-corrected chi connectivity index (χ2v) is 8.91. The normalized spacial score (nSPS) is 11.5. The van der Waals surface area contributed by atoms with E-state index in [0.29, 0.717) is 11.3 Å². The molecule has 4 nitrogen and oxygen atoms in total. The molecular weight excluding hydrogens is 391 g/mol. The summed E-state index contributed by atoms with van der Waals surface area (Å²) in [5.41, 5.74) is 2.69. The lowest BCUT2D eigenvalue weighted by Gasteiger charge is -2.13. The van der Waals surface area contributed by atoms with Crippen LogP contribution in [0.15, 0.2) is 54.6 Å². The molecule has 0 fully saturated rings. The number of carbonyl (C=O) groups is 1. The highest BCUT2D eigenvalue weighted by Gasteiger charge is 2.23. The van der Waals surface area contributed by atoms with Gasteiger partial charge in [-0.1, -0.05) is 65.2 Å². The Morgan fingerprint density at radius 2 is 1.77 bits per heavy atom. The van der Waals surface area contributed by atoms with E-state index in [1.165, 1.54) is 41.6 Å². The number of hydrogen-bond donors (Lipinski definition) is 0. The van der Waals surface area contributed by atoms with Crippen LogP contribution in [0.4, 0.5) is 4.39 Å². The molecule has 1 heterocycles. The molecule has 0 aliphatic rings. The molecule has 1 aromatic heterocycles. The summed E-state index contributed by atoms with van der Waals surface area (Å²) in [4.78, 5) is 12.8. The minimum absolute atomic E-state index is 0.251. The number of esters is 1. The van der Waals surface area contributed by atoms with Crippen molar-refractivity contribution in [3.8, 4) is 11.6 Å². The third kappa shape index (κ3) is 6.03. The first-order valence-electron chi connectivity index (χ1n) is 11.0. The van der Waals surface area contributed by atoms with Gasteiger partial charge >= 0.3 is 5.97 Å². The van der Waals surface area contributed by atoms with E-state index in [9.17, 15) is 9.18 Å². The Kier molecular flexibility index (Phi) is 7.26. The van der Waals surface area contributed by atoms with E-state index in [0.717, 1.165) is 18.5 Å². The van der Waals surface area contributed by atoms with Crippen molar-refractivity contribution < 1.29 is 13.9 Å². The monoisotopic (exact) mass is 422 g/mol. The molecular formula is C26H31FN2O2. The molecule has 0 N–H and O–H groups in total. The third-order valence-electron chi connectivity index (χ3n) is 5.20. The van der Waals surface area contributed by atoms with Crippen molar-refractivity contribution in [3.63, 3.8) is 0 Å². The maximum atomic E-state index is 13.8. The van der Waals surface area contributed by atoms with Crippen LogP contribution in [0.5, 0.6) is 5.88 Å². The minimum Gasteiger partial charge on any atom is -0.404 e. The van der Waals surface area contributed by atoms with Crippen LogP contribution in [0.2, 0.25) is 0 Å². The first-order valence-corrected chi connectivity index (χ1v) is 11.0. The molecule has 0 saturated heterocycles. The number of hydrogen-bond acceptors (Lipinski definition) is 3. The predicted molar refractivity (Wildman–Crippen MR) is 121 cm³/mol. The van der Waals surface area contributed by atoms with Gasteiger partial charge in [-0.2, -0.15) is 5.10 Å². The number of unbranched alkanes of at least 4 members (excludes halogenated alkanes) is 3. The number of rotatable bonds is 8. The number of ether oxygens (including phenoxy) is 1. The van der Waals surface area contributed by atoms with Crippen molar-refractivity contribution in [1.82, 2.24) is 9.78 Å². The first kappa shape index (κ1) is 22.7. The molecule has 0 atom stereocenters. The maximum Gasteiger partial charge on any atom is 0.344 e. The summed E-state index contributed by atoms with van der Waals surface area (Å²) in [6, 6.07) is 15.4. The van der Waals surface area contributed by atoms with E-state index in [4.69, 9.17) is 4.74 Å². The SMILES string of the molecule is CCCCCCc1ccc(C(=O)Oc2cc(C(C)(C)C)nn2-c2cccc(F)c2)cc1. The Bertz CT molecular complexity index is 1020. The fourth-order valence-electron chi connectivity index (χ4n) is 3.31. The van der Waals surface area contributed by atoms with Crippen molar-refractivity contribution in [2.75, 3.05) is 0 Å². The summed E-state index contributed by atoms with van der Waals surface area (Å²) in [5, 5.41) is 4.58. The molecule has 164 valence electrons. The van der Waals surface area contributed by atoms with Gasteiger partial charge in [-0.25, -0.2) is 13.9 Å². The van der Waals surface area contributed by atoms with Crippen molar-refractivity contribution in [3.05, 3.63) is 77.2 Å². The first-order chi connectivity index (χ1) is 14.8. The van der Waals surface area contributed by atoms with Crippen LogP contribution in [0.1, 0.15) is 75.0 Å². The maximum absolute atomic E-state index is 13.8. The number of halogens is 1. The lowest BCUT2D eigenvalue weighted by molar-refractivity contribution is 0.0723. The largest absolute Gasteiger partial charge is 0.404 e. The van der Waals surface area contributed by atoms with Gasteiger partial charge in [0.15, 0.2) is 0 Å². The average molecular weight is 423 g/mol. The summed E-state index contributed by atoms with van der Waals surface area (Å²) >= 11 is 0. The van der Waals surface area contributed by atoms with Crippen LogP contribution < -0.4 is 4.74 Å². The number of nitrogens with zero attached hydrogens (tertiary/aromatic N) is 2. The van der Waals surface area contributed by atoms with Crippen molar-refractivity contribution in [2.24, 2.45) is 0 Å². The van der Waals surface area contributed by atoms with Crippen molar-refractivity contribution in [1.29, 1.82) is 0 Å². The Hall–Kier alpha value is -2.95. The minimum atomic E-state index is -0.462. The number of aromatic nitrogens is 2. The Morgan fingerprint density at radius 1 is 1.03 bits per heavy atom. The van der Waals surface area contributed by atoms with E-state index in [1.807, 2.05) is 32.9 Å². The quantitative estimate of drug-likeness (QED) is 0.301. The fourth-order valence-corrected chi connectivity index (χ4v) is 3.31. The molecule has 0 bridgehead atoms. The zero-order valence-electron chi connectivity index (χ0n) is 18.8. The van der Waals surface area contributed by atoms with Gasteiger partial charge in [0.2, 0.25) is 5.88 Å². The Morgan fingerprint density at radius 3 is 2.42 bits per heavy atom. The van der Waals surface area contributed by atoms with Gasteiger partial charge in [-0.3, -0.25) is 0 Å². The number of aryl methyl sites for hydroxylation is 1. The summed E-state index contributed by atoms with van der Waals surface area (Å²) in [5.74, 6) is -0.572. The molecule has 0 saturated carbocycles. The topological polar surface area (TPSA) is 44.1 Å². The molecule has 0 spiro atoms. The van der Waals surface area contributed by atoms with Crippen molar-refractivity contribution in [2.45, 2.75) is 65.2 Å². The molecule has 0 aliphatic carbocycles. The van der Waals surface area contributed by atoms with Gasteiger partial charge < -0.3 is 4.74 Å². The number of carbonyl (C=O) groups excluding carboxylic acids is 1. The van der Waals surface area contributed by atoms with Gasteiger partial charge in [-0.05, 0) is 48.7 Å². The van der Waals surface area contributed by atoms with Crippen LogP contribution in [0.25, 0.3) is 5.69 Å². The molecule has 31 heavy (non-hydrogen) atoms. The molecule has 2 aromatic carbocycles. The summed E-state index contributed by atoms with van der Waals surface area (Å²) < 4.78 is 20.9. The molecule has 0 radical (unpaired) electrons. The van der Waals surface area contributed by atoms with Gasteiger partial charge in [-0.15, -0.1) is 0 Å². The van der Waals surface area contributed by atoms with E-state index in [-0.39, 0.29) is 17.1 Å². The summed E-state index contributed by atoms with van der Waals surface area (Å²) in [7, 11) is 0. The summed E-state index contributed by atoms with van der Waals surface area (Å²) in [6.07, 6.45) is 5.85. The van der Waals surface area contributed by atoms with Crippen LogP contribution in [-0.4, -0.2) is 15.7 Å². The van der Waals surface area contributed by atoms with Gasteiger partial charge in [0.25, 0.3) is 0 Å². The van der Waals surface area contributed by atoms with Crippen LogP contribution in [-0.2, 0) is 11.8 Å². The van der Waals surface area contributed by atoms with Gasteiger partial charge in [0.1, 0.15) is 5.82 Å². The fraction of sp³-hybridized carbons (Fsp3) is 0.385. The molecule has 5 heteroatoms. The van der Waals surface area contributed by atoms with E-state index >= 15 is 0 Å². The molecule has 0 amide bonds. The Balaban J connectivity index is 1.79. The standard InChI is InChI=1S/C26H31FN2O2/c1-5-6-7-8-10-19-13-15-20(16-14-19)25(30)31-24-18-23(26(2,3)4)28-29(24)22-12-9-11-21(27)17-22/h9,11-18H,5-8,10H2,1-4H3. The van der Waals surface area contributed by atoms with Crippen molar-refractivity contribution >= 4 is 5.97 Å². The van der Waals surface area contributed by atoms with Gasteiger partial charge in [0.05, 0.1) is 16.9 Å². The molecule has 3 rings (SSSR count). The molecule has 0 unspecified atom stereocenters. The highest BCUT2D eigenvalue weighted by atomic mass is 19.1. The zero-order valence-corrected chi connectivity index (χ0v) is 18.8. The van der Waals surface area contributed by atoms with Crippen LogP contribution in [0, 0.1) is 5.82 Å². The van der Waals surface area contributed by atoms with Crippen LogP contribution >= 0.6 is 0 Å². The number of benzene rings is 2. The Labute approximate surface area is 184 Å². The lowest BCUT2D eigenvalue weighted by atomic mass is 9.93. The molecule has 3 aromatic rings. The second kappa shape index (κ2) is 9.90. The highest BCUT2D eigenvalue weighted by Crippen LogP contribution is 2.28. The van der Waals surface area contributed by atoms with E-state index < -0.39 is 5.97 Å². The molecule has 0 aliphatic heterocycles. The predicted octanol–water partition coefficient (Wildman–Crippen LogP) is 6.65. The summed E-state index contributed by atoms with van der Waals surface area (Å²) in [6.45, 7) is 8.27. The smallest absolute Gasteiger partial charge is 0.344 e. The zero-order chi connectivity index (χ0) is 22.4. The average Bonchev–Trinajstić information content (AvgIpc) is 3.16.